The van der Waals surface area contributed by atoms with Crippen LogP contribution in [0.4, 0.5) is 5.69 Å². The second-order valence-electron chi connectivity index (χ2n) is 5.97. The molecule has 2 N–H and O–H groups in total. The number of carbonyl (C=O) groups is 1. The van der Waals surface area contributed by atoms with Gasteiger partial charge in [0.1, 0.15) is 11.3 Å². The third kappa shape index (κ3) is 3.42. The predicted molar refractivity (Wildman–Crippen MR) is 89.1 cm³/mol. The molecule has 0 saturated carbocycles. The van der Waals surface area contributed by atoms with Gasteiger partial charge in [0, 0.05) is 13.1 Å². The molecule has 1 fully saturated rings. The van der Waals surface area contributed by atoms with Crippen LogP contribution >= 0.6 is 11.8 Å². The van der Waals surface area contributed by atoms with Crippen LogP contribution in [0.1, 0.15) is 23.7 Å². The van der Waals surface area contributed by atoms with E-state index in [0.717, 1.165) is 6.42 Å². The largest absolute Gasteiger partial charge is 0.495 e. The summed E-state index contributed by atoms with van der Waals surface area (Å²) < 4.78 is 5.17. The number of hydrogen-bond acceptors (Lipinski definition) is 6. The van der Waals surface area contributed by atoms with Crippen LogP contribution < -0.4 is 10.5 Å². The number of rotatable bonds is 5. The van der Waals surface area contributed by atoms with E-state index in [4.69, 9.17) is 10.5 Å². The van der Waals surface area contributed by atoms with E-state index < -0.39 is 4.92 Å². The molecular weight excluding hydrogens is 318 g/mol. The number of amides is 1. The van der Waals surface area contributed by atoms with E-state index in [-0.39, 0.29) is 22.6 Å². The van der Waals surface area contributed by atoms with Crippen molar-refractivity contribution in [1.29, 1.82) is 0 Å². The molecule has 0 aliphatic carbocycles. The lowest BCUT2D eigenvalue weighted by Gasteiger charge is -2.22. The Labute approximate surface area is 139 Å². The predicted octanol–water partition coefficient (Wildman–Crippen LogP) is 2.14. The second-order valence-corrected chi connectivity index (χ2v) is 6.82. The van der Waals surface area contributed by atoms with E-state index in [1.54, 1.807) is 11.0 Å². The monoisotopic (exact) mass is 339 g/mol. The first-order valence-electron chi connectivity index (χ1n) is 7.25. The third-order valence-electron chi connectivity index (χ3n) is 4.27. The fourth-order valence-corrected chi connectivity index (χ4v) is 3.30. The number of benzene rings is 1. The molecule has 23 heavy (non-hydrogen) atoms. The molecule has 0 bridgehead atoms. The van der Waals surface area contributed by atoms with Crippen molar-refractivity contribution >= 4 is 23.4 Å². The lowest BCUT2D eigenvalue weighted by atomic mass is 9.90. The van der Waals surface area contributed by atoms with Crippen molar-refractivity contribution in [3.63, 3.8) is 0 Å². The average Bonchev–Trinajstić information content (AvgIpc) is 2.95. The van der Waals surface area contributed by atoms with Gasteiger partial charge in [-0.2, -0.15) is 0 Å². The Morgan fingerprint density at radius 3 is 2.74 bits per heavy atom. The van der Waals surface area contributed by atoms with E-state index in [0.29, 0.717) is 30.3 Å². The molecule has 0 spiro atoms. The number of thioether (sulfide) groups is 1. The topological polar surface area (TPSA) is 98.7 Å². The van der Waals surface area contributed by atoms with Crippen LogP contribution in [0, 0.1) is 15.5 Å². The summed E-state index contributed by atoms with van der Waals surface area (Å²) in [6, 6.07) is 2.86. The van der Waals surface area contributed by atoms with E-state index in [1.807, 2.05) is 13.2 Å². The summed E-state index contributed by atoms with van der Waals surface area (Å²) in [7, 11) is 1.45. The Morgan fingerprint density at radius 2 is 2.26 bits per heavy atom. The molecule has 1 saturated heterocycles. The lowest BCUT2D eigenvalue weighted by molar-refractivity contribution is -0.385. The number of methoxy groups -OCH3 is 1. The van der Waals surface area contributed by atoms with E-state index in [2.05, 4.69) is 0 Å². The van der Waals surface area contributed by atoms with Gasteiger partial charge in [-0.25, -0.2) is 0 Å². The van der Waals surface area contributed by atoms with Gasteiger partial charge < -0.3 is 15.4 Å². The first-order valence-corrected chi connectivity index (χ1v) is 8.47. The number of ether oxygens (including phenoxy) is 1. The molecule has 1 aliphatic rings. The van der Waals surface area contributed by atoms with Gasteiger partial charge in [0.25, 0.3) is 11.6 Å². The second kappa shape index (κ2) is 6.76. The molecule has 1 aromatic carbocycles. The highest BCUT2D eigenvalue weighted by Gasteiger charge is 2.37. The highest BCUT2D eigenvalue weighted by Crippen LogP contribution is 2.36. The van der Waals surface area contributed by atoms with Gasteiger partial charge in [-0.3, -0.25) is 14.9 Å². The van der Waals surface area contributed by atoms with Crippen molar-refractivity contribution in [2.45, 2.75) is 18.2 Å². The molecule has 1 atom stereocenters. The third-order valence-corrected chi connectivity index (χ3v) is 5.03. The summed E-state index contributed by atoms with van der Waals surface area (Å²) in [6.07, 6.45) is 2.63. The number of likely N-dealkylation sites (tertiary alicyclic amines) is 1. The van der Waals surface area contributed by atoms with Crippen molar-refractivity contribution in [2.24, 2.45) is 11.1 Å². The molecule has 8 heteroatoms. The number of nitrogens with zero attached hydrogens (tertiary/aromatic N) is 2. The highest BCUT2D eigenvalue weighted by molar-refractivity contribution is 7.98. The van der Waals surface area contributed by atoms with Crippen molar-refractivity contribution in [1.82, 2.24) is 4.90 Å². The maximum absolute atomic E-state index is 12.8. The summed E-state index contributed by atoms with van der Waals surface area (Å²) >= 11 is 1.38. The fraction of sp³-hybridized carbons (Fsp3) is 0.533. The maximum Gasteiger partial charge on any atom is 0.285 e. The van der Waals surface area contributed by atoms with E-state index >= 15 is 0 Å². The summed E-state index contributed by atoms with van der Waals surface area (Å²) in [4.78, 5) is 25.9. The van der Waals surface area contributed by atoms with Crippen molar-refractivity contribution in [3.8, 4) is 5.75 Å². The number of carbonyl (C=O) groups excluding carboxylic acids is 1. The molecule has 2 rings (SSSR count). The molecule has 0 radical (unpaired) electrons. The van der Waals surface area contributed by atoms with Gasteiger partial charge in [0.05, 0.1) is 23.0 Å². The van der Waals surface area contributed by atoms with Crippen LogP contribution in [-0.4, -0.2) is 48.7 Å². The number of nitrogens with two attached hydrogens (primary N) is 1. The van der Waals surface area contributed by atoms with Crippen molar-refractivity contribution in [3.05, 3.63) is 27.8 Å². The summed E-state index contributed by atoms with van der Waals surface area (Å²) in [5.74, 6) is 0.0702. The minimum atomic E-state index is -0.544. The van der Waals surface area contributed by atoms with Gasteiger partial charge in [-0.05, 0) is 30.7 Å². The molecule has 1 aromatic rings. The molecule has 0 aromatic heterocycles. The Kier molecular flexibility index (Phi) is 5.16. The zero-order valence-corrected chi connectivity index (χ0v) is 14.3. The van der Waals surface area contributed by atoms with Crippen LogP contribution in [0.15, 0.2) is 17.0 Å². The molecule has 1 amide bonds. The maximum atomic E-state index is 12.8. The first-order chi connectivity index (χ1) is 10.8. The van der Waals surface area contributed by atoms with Gasteiger partial charge in [0.15, 0.2) is 0 Å². The smallest absolute Gasteiger partial charge is 0.285 e. The van der Waals surface area contributed by atoms with Crippen LogP contribution in [-0.2, 0) is 0 Å². The lowest BCUT2D eigenvalue weighted by Crippen LogP contribution is -2.34. The number of nitro groups is 1. The minimum Gasteiger partial charge on any atom is -0.495 e. The van der Waals surface area contributed by atoms with Crippen LogP contribution in [0.3, 0.4) is 0 Å². The van der Waals surface area contributed by atoms with Crippen molar-refractivity contribution in [2.75, 3.05) is 33.0 Å². The highest BCUT2D eigenvalue weighted by atomic mass is 32.2. The van der Waals surface area contributed by atoms with Gasteiger partial charge in [0.2, 0.25) is 0 Å². The van der Waals surface area contributed by atoms with Crippen LogP contribution in [0.5, 0.6) is 5.75 Å². The molecule has 126 valence electrons. The van der Waals surface area contributed by atoms with Gasteiger partial charge >= 0.3 is 0 Å². The Balaban J connectivity index is 2.41. The molecular formula is C15H21N3O4S. The van der Waals surface area contributed by atoms with Crippen molar-refractivity contribution < 1.29 is 14.5 Å². The van der Waals surface area contributed by atoms with Gasteiger partial charge in [-0.15, -0.1) is 11.8 Å². The first kappa shape index (κ1) is 17.6. The van der Waals surface area contributed by atoms with Crippen LogP contribution in [0.25, 0.3) is 0 Å². The standard InChI is InChI=1S/C15H21N3O4S/c1-15(8-16)4-5-17(9-15)14(19)10-6-13(23-3)12(22-2)7-11(10)18(20)21/h6-7H,4-5,8-9,16H2,1-3H3. The Morgan fingerprint density at radius 1 is 1.57 bits per heavy atom. The van der Waals surface area contributed by atoms with E-state index in [1.165, 1.54) is 24.9 Å². The summed E-state index contributed by atoms with van der Waals surface area (Å²) in [5, 5.41) is 11.3. The molecule has 1 aliphatic heterocycles. The molecule has 1 heterocycles. The van der Waals surface area contributed by atoms with E-state index in [9.17, 15) is 14.9 Å². The molecule has 1 unspecified atom stereocenters. The fourth-order valence-electron chi connectivity index (χ4n) is 2.72. The Hall–Kier alpha value is -1.80. The average molecular weight is 339 g/mol. The van der Waals surface area contributed by atoms with Gasteiger partial charge in [-0.1, -0.05) is 6.92 Å². The zero-order chi connectivity index (χ0) is 17.2. The SMILES string of the molecule is COc1cc([N+](=O)[O-])c(C(=O)N2CCC(C)(CN)C2)cc1SC. The summed E-state index contributed by atoms with van der Waals surface area (Å²) in [5.41, 5.74) is 5.51. The number of hydrogen-bond donors (Lipinski definition) is 1. The Bertz CT molecular complexity index is 637. The molecule has 7 nitrogen and oxygen atoms in total. The quantitative estimate of drug-likeness (QED) is 0.501. The normalized spacial score (nSPS) is 20.6. The van der Waals surface area contributed by atoms with Crippen LogP contribution in [0.2, 0.25) is 0 Å². The minimum absolute atomic E-state index is 0.0985. The zero-order valence-electron chi connectivity index (χ0n) is 13.5. The number of nitro benzene ring substituents is 1. The summed E-state index contributed by atoms with van der Waals surface area (Å²) in [6.45, 7) is 3.58.